The molecule has 0 bridgehead atoms. The van der Waals surface area contributed by atoms with Crippen molar-refractivity contribution >= 4 is 11.9 Å². The lowest BCUT2D eigenvalue weighted by Gasteiger charge is -2.05. The number of carboxylic acids is 2. The lowest BCUT2D eigenvalue weighted by Crippen LogP contribution is -2.06. The molecule has 0 atom stereocenters. The zero-order chi connectivity index (χ0) is 15.5. The molecule has 21 heavy (non-hydrogen) atoms. The smallest absolute Gasteiger partial charge is 0.336 e. The number of ether oxygens (including phenoxy) is 1. The minimum Gasteiger partial charge on any atom is -0.478 e. The molecule has 1 aliphatic carbocycles. The summed E-state index contributed by atoms with van der Waals surface area (Å²) >= 11 is 0. The Kier molecular flexibility index (Phi) is 8.12. The fourth-order valence-electron chi connectivity index (χ4n) is 1.92. The number of hydrogen-bond acceptors (Lipinski definition) is 3. The van der Waals surface area contributed by atoms with E-state index in [0.29, 0.717) is 0 Å². The van der Waals surface area contributed by atoms with Crippen molar-refractivity contribution in [2.45, 2.75) is 38.5 Å². The third-order valence-corrected chi connectivity index (χ3v) is 3.09. The summed E-state index contributed by atoms with van der Waals surface area (Å²) in [4.78, 5) is 20.9. The number of carboxylic acid groups (broad SMARTS) is 2. The zero-order valence-electron chi connectivity index (χ0n) is 12.1. The summed E-state index contributed by atoms with van der Waals surface area (Å²) in [5.41, 5.74) is -0.380. The van der Waals surface area contributed by atoms with E-state index in [9.17, 15) is 9.59 Å². The molecule has 1 heterocycles. The summed E-state index contributed by atoms with van der Waals surface area (Å²) in [6, 6.07) is 5.48. The lowest BCUT2D eigenvalue weighted by molar-refractivity contribution is 0.0651. The number of epoxide rings is 1. The predicted octanol–water partition coefficient (Wildman–Crippen LogP) is 3.44. The summed E-state index contributed by atoms with van der Waals surface area (Å²) in [6.45, 7) is 2.00. The van der Waals surface area contributed by atoms with Gasteiger partial charge in [-0.2, -0.15) is 0 Å². The van der Waals surface area contributed by atoms with E-state index in [1.807, 2.05) is 0 Å². The molecule has 1 saturated heterocycles. The third-order valence-electron chi connectivity index (χ3n) is 3.09. The van der Waals surface area contributed by atoms with E-state index in [0.717, 1.165) is 13.2 Å². The van der Waals surface area contributed by atoms with E-state index in [1.165, 1.54) is 62.8 Å². The summed E-state index contributed by atoms with van der Waals surface area (Å²) in [7, 11) is 0. The van der Waals surface area contributed by atoms with Gasteiger partial charge >= 0.3 is 11.9 Å². The van der Waals surface area contributed by atoms with Crippen molar-refractivity contribution in [3.05, 3.63) is 35.4 Å². The van der Waals surface area contributed by atoms with Gasteiger partial charge in [0.15, 0.2) is 0 Å². The standard InChI is InChI=1S/C8H6O4.C6H12.C2H4O/c9-7(10)5-3-1-2-4-6(5)8(11)12;1-2-4-6-5-3-1;1-2-3-1/h1-4H,(H,9,10)(H,11,12);1-6H2;1-2H2. The molecule has 5 nitrogen and oxygen atoms in total. The Labute approximate surface area is 124 Å². The summed E-state index contributed by atoms with van der Waals surface area (Å²) in [5, 5.41) is 17.1. The largest absolute Gasteiger partial charge is 0.478 e. The highest BCUT2D eigenvalue weighted by Crippen LogP contribution is 2.15. The third kappa shape index (κ3) is 8.09. The molecule has 1 aliphatic heterocycles. The minimum absolute atomic E-state index is 0.190. The van der Waals surface area contributed by atoms with Crippen molar-refractivity contribution in [1.29, 1.82) is 0 Å². The first-order valence-electron chi connectivity index (χ1n) is 7.26. The topological polar surface area (TPSA) is 87.1 Å². The van der Waals surface area contributed by atoms with Crippen LogP contribution in [0.15, 0.2) is 24.3 Å². The van der Waals surface area contributed by atoms with Crippen LogP contribution in [-0.2, 0) is 4.74 Å². The van der Waals surface area contributed by atoms with E-state index in [2.05, 4.69) is 4.74 Å². The van der Waals surface area contributed by atoms with Crippen LogP contribution in [-0.4, -0.2) is 35.4 Å². The van der Waals surface area contributed by atoms with Crippen molar-refractivity contribution in [3.8, 4) is 0 Å². The molecule has 0 aromatic heterocycles. The van der Waals surface area contributed by atoms with Crippen LogP contribution in [0.5, 0.6) is 0 Å². The van der Waals surface area contributed by atoms with Gasteiger partial charge in [-0.1, -0.05) is 50.7 Å². The van der Waals surface area contributed by atoms with Gasteiger partial charge in [-0.25, -0.2) is 9.59 Å². The Balaban J connectivity index is 0.000000199. The first-order valence-corrected chi connectivity index (χ1v) is 7.26. The fourth-order valence-corrected chi connectivity index (χ4v) is 1.92. The van der Waals surface area contributed by atoms with Crippen molar-refractivity contribution in [2.24, 2.45) is 0 Å². The van der Waals surface area contributed by atoms with Gasteiger partial charge in [-0.3, -0.25) is 0 Å². The summed E-state index contributed by atoms with van der Waals surface area (Å²) in [5.74, 6) is -2.46. The van der Waals surface area contributed by atoms with E-state index >= 15 is 0 Å². The maximum absolute atomic E-state index is 10.5. The maximum atomic E-state index is 10.5. The molecule has 0 radical (unpaired) electrons. The molecule has 0 spiro atoms. The molecule has 2 fully saturated rings. The Bertz CT molecular complexity index is 402. The van der Waals surface area contributed by atoms with Crippen LogP contribution >= 0.6 is 0 Å². The van der Waals surface area contributed by atoms with Crippen LogP contribution in [0.4, 0.5) is 0 Å². The predicted molar refractivity (Wildman–Crippen MR) is 78.9 cm³/mol. The maximum Gasteiger partial charge on any atom is 0.336 e. The first kappa shape index (κ1) is 17.2. The minimum atomic E-state index is -1.23. The van der Waals surface area contributed by atoms with Crippen LogP contribution < -0.4 is 0 Å². The molecular weight excluding hydrogens is 272 g/mol. The van der Waals surface area contributed by atoms with Crippen LogP contribution in [0.3, 0.4) is 0 Å². The normalized spacial score (nSPS) is 15.6. The van der Waals surface area contributed by atoms with Crippen LogP contribution in [0.25, 0.3) is 0 Å². The molecule has 5 heteroatoms. The van der Waals surface area contributed by atoms with Gasteiger partial charge in [0.1, 0.15) is 0 Å². The Morgan fingerprint density at radius 2 is 1.05 bits per heavy atom. The second-order valence-electron chi connectivity index (χ2n) is 4.89. The summed E-state index contributed by atoms with van der Waals surface area (Å²) < 4.78 is 4.50. The van der Waals surface area contributed by atoms with Crippen molar-refractivity contribution in [3.63, 3.8) is 0 Å². The first-order chi connectivity index (χ1) is 10.1. The number of benzene rings is 1. The fraction of sp³-hybridized carbons (Fsp3) is 0.500. The molecule has 2 N–H and O–H groups in total. The van der Waals surface area contributed by atoms with Crippen molar-refractivity contribution in [1.82, 2.24) is 0 Å². The molecular formula is C16H22O5. The van der Waals surface area contributed by atoms with Crippen molar-refractivity contribution < 1.29 is 24.5 Å². The van der Waals surface area contributed by atoms with Crippen molar-refractivity contribution in [2.75, 3.05) is 13.2 Å². The Morgan fingerprint density at radius 3 is 1.24 bits per heavy atom. The second kappa shape index (κ2) is 9.94. The van der Waals surface area contributed by atoms with E-state index in [-0.39, 0.29) is 11.1 Å². The van der Waals surface area contributed by atoms with Gasteiger partial charge in [0.05, 0.1) is 24.3 Å². The highest BCUT2D eigenvalue weighted by Gasteiger charge is 2.13. The SMILES string of the molecule is C1CCCCC1.C1CO1.O=C(O)c1ccccc1C(=O)O. The molecule has 0 unspecified atom stereocenters. The van der Waals surface area contributed by atoms with E-state index < -0.39 is 11.9 Å². The highest BCUT2D eigenvalue weighted by atomic mass is 16.6. The molecule has 1 aromatic rings. The van der Waals surface area contributed by atoms with Gasteiger partial charge in [0, 0.05) is 0 Å². The van der Waals surface area contributed by atoms with Crippen LogP contribution in [0.1, 0.15) is 59.2 Å². The molecule has 2 aliphatic rings. The van der Waals surface area contributed by atoms with Gasteiger partial charge in [-0.05, 0) is 12.1 Å². The molecule has 116 valence electrons. The quantitative estimate of drug-likeness (QED) is 0.816. The van der Waals surface area contributed by atoms with Gasteiger partial charge in [0.25, 0.3) is 0 Å². The number of aromatic carboxylic acids is 2. The molecule has 3 rings (SSSR count). The summed E-state index contributed by atoms with van der Waals surface area (Å²) in [6.07, 6.45) is 9.00. The number of rotatable bonds is 2. The second-order valence-corrected chi connectivity index (χ2v) is 4.89. The average Bonchev–Trinajstić information content (AvgIpc) is 3.38. The lowest BCUT2D eigenvalue weighted by atomic mass is 10.0. The van der Waals surface area contributed by atoms with E-state index in [4.69, 9.17) is 10.2 Å². The Morgan fingerprint density at radius 1 is 0.762 bits per heavy atom. The molecule has 0 amide bonds. The van der Waals surface area contributed by atoms with E-state index in [1.54, 1.807) is 0 Å². The van der Waals surface area contributed by atoms with Gasteiger partial charge in [0.2, 0.25) is 0 Å². The zero-order valence-corrected chi connectivity index (χ0v) is 12.1. The van der Waals surface area contributed by atoms with Gasteiger partial charge in [-0.15, -0.1) is 0 Å². The van der Waals surface area contributed by atoms with Crippen LogP contribution in [0.2, 0.25) is 0 Å². The number of hydrogen-bond donors (Lipinski definition) is 2. The van der Waals surface area contributed by atoms with Crippen LogP contribution in [0, 0.1) is 0 Å². The number of carbonyl (C=O) groups is 2. The monoisotopic (exact) mass is 294 g/mol. The molecule has 1 saturated carbocycles. The Hall–Kier alpha value is -1.88. The highest BCUT2D eigenvalue weighted by molar-refractivity contribution is 6.01. The average molecular weight is 294 g/mol. The molecule has 1 aromatic carbocycles. The van der Waals surface area contributed by atoms with Gasteiger partial charge < -0.3 is 14.9 Å².